The van der Waals surface area contributed by atoms with E-state index >= 15 is 0 Å². The molecule has 2 N–H and O–H groups in total. The van der Waals surface area contributed by atoms with Crippen molar-refractivity contribution in [2.75, 3.05) is 5.32 Å². The zero-order valence-electron chi connectivity index (χ0n) is 14.8. The number of nitrogens with zero attached hydrogens (tertiary/aromatic N) is 2. The minimum Gasteiger partial charge on any atom is -0.510 e. The summed E-state index contributed by atoms with van der Waals surface area (Å²) in [5, 5.41) is 14.8. The van der Waals surface area contributed by atoms with Crippen LogP contribution in [-0.4, -0.2) is 15.1 Å². The van der Waals surface area contributed by atoms with E-state index in [1.807, 2.05) is 44.2 Å². The highest BCUT2D eigenvalue weighted by molar-refractivity contribution is 6.36. The second kappa shape index (κ2) is 6.87. The van der Waals surface area contributed by atoms with Crippen molar-refractivity contribution in [3.05, 3.63) is 80.8 Å². The van der Waals surface area contributed by atoms with E-state index in [0.29, 0.717) is 21.6 Å². The van der Waals surface area contributed by atoms with Gasteiger partial charge in [-0.1, -0.05) is 47.5 Å². The Bertz CT molecular complexity index is 1080. The van der Waals surface area contributed by atoms with Crippen molar-refractivity contribution in [2.24, 2.45) is 0 Å². The summed E-state index contributed by atoms with van der Waals surface area (Å²) < 4.78 is 0. The fourth-order valence-corrected chi connectivity index (χ4v) is 3.77. The van der Waals surface area contributed by atoms with Crippen molar-refractivity contribution in [1.29, 1.82) is 0 Å². The first kappa shape index (κ1) is 17.8. The standard InChI is InChI=1S/C21H17Cl2N3O/c1-11-19(16-8-7-14(22)10-17(16)23)24-12(2)21(25-11)26-20-15-6-4-3-5-13(15)9-18(20)27/h3-10,20,27H,1-2H3,(H,25,26)/t20-/m1/s1. The second-order valence-corrected chi connectivity index (χ2v) is 7.33. The van der Waals surface area contributed by atoms with E-state index in [0.717, 1.165) is 28.1 Å². The maximum Gasteiger partial charge on any atom is 0.148 e. The molecule has 0 saturated heterocycles. The minimum absolute atomic E-state index is 0.264. The second-order valence-electron chi connectivity index (χ2n) is 6.49. The number of benzene rings is 2. The summed E-state index contributed by atoms with van der Waals surface area (Å²) in [5.74, 6) is 0.892. The molecule has 1 heterocycles. The molecule has 4 rings (SSSR count). The molecule has 0 spiro atoms. The topological polar surface area (TPSA) is 58.0 Å². The molecule has 3 aromatic rings. The Morgan fingerprint density at radius 2 is 1.78 bits per heavy atom. The normalized spacial score (nSPS) is 15.4. The highest BCUT2D eigenvalue weighted by Crippen LogP contribution is 2.36. The van der Waals surface area contributed by atoms with Gasteiger partial charge in [0.1, 0.15) is 17.6 Å². The maximum absolute atomic E-state index is 10.3. The van der Waals surface area contributed by atoms with Crippen LogP contribution >= 0.6 is 23.2 Å². The van der Waals surface area contributed by atoms with Crippen LogP contribution in [0.5, 0.6) is 0 Å². The molecule has 0 aliphatic heterocycles. The van der Waals surface area contributed by atoms with Gasteiger partial charge in [-0.2, -0.15) is 0 Å². The van der Waals surface area contributed by atoms with E-state index in [9.17, 15) is 5.11 Å². The van der Waals surface area contributed by atoms with Gasteiger partial charge in [0.2, 0.25) is 0 Å². The van der Waals surface area contributed by atoms with Crippen molar-refractivity contribution in [2.45, 2.75) is 19.9 Å². The third-order valence-electron chi connectivity index (χ3n) is 4.62. The molecular weight excluding hydrogens is 381 g/mol. The molecule has 136 valence electrons. The van der Waals surface area contributed by atoms with Crippen LogP contribution in [0.25, 0.3) is 17.3 Å². The lowest BCUT2D eigenvalue weighted by Gasteiger charge is -2.18. The molecule has 4 nitrogen and oxygen atoms in total. The van der Waals surface area contributed by atoms with E-state index in [2.05, 4.69) is 10.3 Å². The van der Waals surface area contributed by atoms with Crippen LogP contribution in [0.1, 0.15) is 28.6 Å². The number of halogens is 2. The summed E-state index contributed by atoms with van der Waals surface area (Å²) in [5.41, 5.74) is 4.97. The van der Waals surface area contributed by atoms with Crippen LogP contribution in [0.4, 0.5) is 5.82 Å². The molecule has 0 fully saturated rings. The van der Waals surface area contributed by atoms with Crippen molar-refractivity contribution >= 4 is 35.1 Å². The number of aliphatic hydroxyl groups excluding tert-OH is 1. The molecule has 2 aromatic carbocycles. The van der Waals surface area contributed by atoms with Crippen molar-refractivity contribution in [1.82, 2.24) is 9.97 Å². The lowest BCUT2D eigenvalue weighted by atomic mass is 10.1. The monoisotopic (exact) mass is 397 g/mol. The molecule has 0 amide bonds. The van der Waals surface area contributed by atoms with Crippen LogP contribution in [0, 0.1) is 13.8 Å². The number of hydrogen-bond acceptors (Lipinski definition) is 4. The number of aromatic nitrogens is 2. The third-order valence-corrected chi connectivity index (χ3v) is 5.17. The van der Waals surface area contributed by atoms with Gasteiger partial charge in [0.05, 0.1) is 22.1 Å². The number of fused-ring (bicyclic) bond motifs is 1. The van der Waals surface area contributed by atoms with E-state index in [-0.39, 0.29) is 11.8 Å². The van der Waals surface area contributed by atoms with Crippen molar-refractivity contribution in [3.63, 3.8) is 0 Å². The Morgan fingerprint density at radius 1 is 1.00 bits per heavy atom. The fourth-order valence-electron chi connectivity index (χ4n) is 3.27. The number of rotatable bonds is 3. The van der Waals surface area contributed by atoms with Gasteiger partial charge >= 0.3 is 0 Å². The highest BCUT2D eigenvalue weighted by atomic mass is 35.5. The Morgan fingerprint density at radius 3 is 2.56 bits per heavy atom. The zero-order chi connectivity index (χ0) is 19.1. The average molecular weight is 398 g/mol. The minimum atomic E-state index is -0.335. The molecule has 27 heavy (non-hydrogen) atoms. The lowest BCUT2D eigenvalue weighted by Crippen LogP contribution is -2.14. The summed E-state index contributed by atoms with van der Waals surface area (Å²) in [6.07, 6.45) is 1.77. The van der Waals surface area contributed by atoms with Crippen molar-refractivity contribution < 1.29 is 5.11 Å². The number of aliphatic hydroxyl groups is 1. The van der Waals surface area contributed by atoms with Gasteiger partial charge in [0.25, 0.3) is 0 Å². The molecule has 0 radical (unpaired) electrons. The quantitative estimate of drug-likeness (QED) is 0.557. The number of hydrogen-bond donors (Lipinski definition) is 2. The van der Waals surface area contributed by atoms with Crippen molar-refractivity contribution in [3.8, 4) is 11.3 Å². The third kappa shape index (κ3) is 3.27. The van der Waals surface area contributed by atoms with Gasteiger partial charge in [-0.15, -0.1) is 0 Å². The van der Waals surface area contributed by atoms with E-state index < -0.39 is 0 Å². The van der Waals surface area contributed by atoms with Gasteiger partial charge in [0.15, 0.2) is 0 Å². The summed E-state index contributed by atoms with van der Waals surface area (Å²) in [4.78, 5) is 9.38. The van der Waals surface area contributed by atoms with Crippen LogP contribution in [0.3, 0.4) is 0 Å². The van der Waals surface area contributed by atoms with Crippen LogP contribution in [0.15, 0.2) is 48.2 Å². The largest absolute Gasteiger partial charge is 0.510 e. The van der Waals surface area contributed by atoms with Crippen LogP contribution in [0.2, 0.25) is 10.0 Å². The van der Waals surface area contributed by atoms with Gasteiger partial charge in [-0.3, -0.25) is 0 Å². The van der Waals surface area contributed by atoms with Gasteiger partial charge in [-0.05, 0) is 49.2 Å². The number of aryl methyl sites for hydroxylation is 2. The molecule has 0 unspecified atom stereocenters. The highest BCUT2D eigenvalue weighted by Gasteiger charge is 2.26. The Balaban J connectivity index is 1.70. The van der Waals surface area contributed by atoms with E-state index in [1.165, 1.54) is 0 Å². The number of nitrogens with one attached hydrogen (secondary N) is 1. The molecule has 6 heteroatoms. The van der Waals surface area contributed by atoms with Gasteiger partial charge < -0.3 is 10.4 Å². The first-order chi connectivity index (χ1) is 12.9. The fraction of sp³-hybridized carbons (Fsp3) is 0.143. The van der Waals surface area contributed by atoms with Crippen LogP contribution < -0.4 is 5.32 Å². The molecule has 1 atom stereocenters. The first-order valence-electron chi connectivity index (χ1n) is 8.50. The van der Waals surface area contributed by atoms with Gasteiger partial charge in [-0.25, -0.2) is 9.97 Å². The zero-order valence-corrected chi connectivity index (χ0v) is 16.3. The Kier molecular flexibility index (Phi) is 4.54. The Labute approximate surface area is 167 Å². The van der Waals surface area contributed by atoms with Gasteiger partial charge in [0, 0.05) is 10.6 Å². The van der Waals surface area contributed by atoms with E-state index in [1.54, 1.807) is 18.2 Å². The Hall–Kier alpha value is -2.56. The first-order valence-corrected chi connectivity index (χ1v) is 9.26. The summed E-state index contributed by atoms with van der Waals surface area (Å²) in [7, 11) is 0. The predicted molar refractivity (Wildman–Crippen MR) is 110 cm³/mol. The SMILES string of the molecule is Cc1nc(-c2ccc(Cl)cc2Cl)c(C)nc1N[C@H]1C(O)=Cc2ccccc21. The number of anilines is 1. The molecular formula is C21H17Cl2N3O. The molecule has 1 aliphatic carbocycles. The summed E-state index contributed by atoms with van der Waals surface area (Å²) >= 11 is 12.3. The van der Waals surface area contributed by atoms with E-state index in [4.69, 9.17) is 28.2 Å². The molecule has 1 aromatic heterocycles. The molecule has 0 bridgehead atoms. The molecule has 1 aliphatic rings. The average Bonchev–Trinajstić information content (AvgIpc) is 2.94. The molecule has 0 saturated carbocycles. The van der Waals surface area contributed by atoms with Crippen LogP contribution in [-0.2, 0) is 0 Å². The predicted octanol–water partition coefficient (Wildman–Crippen LogP) is 6.13. The maximum atomic E-state index is 10.3. The lowest BCUT2D eigenvalue weighted by molar-refractivity contribution is 0.387. The summed E-state index contributed by atoms with van der Waals surface area (Å²) in [6, 6.07) is 12.9. The smallest absolute Gasteiger partial charge is 0.148 e. The summed E-state index contributed by atoms with van der Waals surface area (Å²) in [6.45, 7) is 3.76.